The Kier molecular flexibility index (Phi) is 6.31. The van der Waals surface area contributed by atoms with Crippen molar-refractivity contribution in [3.63, 3.8) is 0 Å². The minimum atomic E-state index is -0.366. The fourth-order valence-corrected chi connectivity index (χ4v) is 3.03. The number of rotatable bonds is 6. The zero-order chi connectivity index (χ0) is 14.5. The monoisotopic (exact) mass is 388 g/mol. The van der Waals surface area contributed by atoms with Crippen molar-refractivity contribution < 1.29 is 4.74 Å². The molecule has 0 atom stereocenters. The lowest BCUT2D eigenvalue weighted by Gasteiger charge is -2.18. The van der Waals surface area contributed by atoms with Gasteiger partial charge in [-0.3, -0.25) is 0 Å². The summed E-state index contributed by atoms with van der Waals surface area (Å²) in [6.45, 7) is 7.72. The zero-order valence-corrected chi connectivity index (χ0v) is 14.6. The summed E-state index contributed by atoms with van der Waals surface area (Å²) in [5, 5.41) is 12.3. The normalized spacial score (nSPS) is 11.2. The summed E-state index contributed by atoms with van der Waals surface area (Å²) in [5.41, 5.74) is 0.700. The number of benzene rings is 1. The zero-order valence-electron chi connectivity index (χ0n) is 11.4. The number of nitrogens with one attached hydrogen (secondary N) is 1. The van der Waals surface area contributed by atoms with Gasteiger partial charge in [-0.25, -0.2) is 0 Å². The van der Waals surface area contributed by atoms with Crippen molar-refractivity contribution >= 4 is 31.9 Å². The quantitative estimate of drug-likeness (QED) is 0.790. The van der Waals surface area contributed by atoms with E-state index in [1.165, 1.54) is 0 Å². The fraction of sp³-hybridized carbons (Fsp3) is 0.500. The van der Waals surface area contributed by atoms with Crippen molar-refractivity contribution in [3.05, 3.63) is 26.6 Å². The lowest BCUT2D eigenvalue weighted by molar-refractivity contribution is 0.332. The van der Waals surface area contributed by atoms with E-state index in [1.807, 2.05) is 32.9 Å². The van der Waals surface area contributed by atoms with E-state index in [2.05, 4.69) is 43.2 Å². The summed E-state index contributed by atoms with van der Waals surface area (Å²) in [7, 11) is 0. The van der Waals surface area contributed by atoms with Crippen molar-refractivity contribution in [3.8, 4) is 11.8 Å². The first-order valence-electron chi connectivity index (χ1n) is 6.12. The number of hydrogen-bond acceptors (Lipinski definition) is 3. The molecule has 1 rings (SSSR count). The van der Waals surface area contributed by atoms with Crippen LogP contribution in [0.4, 0.5) is 0 Å². The van der Waals surface area contributed by atoms with Crippen LogP contribution in [0.25, 0.3) is 0 Å². The Balaban J connectivity index is 2.80. The van der Waals surface area contributed by atoms with Crippen molar-refractivity contribution in [2.45, 2.75) is 27.3 Å². The molecule has 0 aliphatic rings. The number of halogens is 2. The molecule has 5 heteroatoms. The molecule has 1 aromatic carbocycles. The Morgan fingerprint density at radius 1 is 1.37 bits per heavy atom. The summed E-state index contributed by atoms with van der Waals surface area (Å²) < 4.78 is 7.59. The molecule has 1 N–H and O–H groups in total. The molecule has 0 aromatic heterocycles. The van der Waals surface area contributed by atoms with Crippen LogP contribution in [0, 0.1) is 16.7 Å². The van der Waals surface area contributed by atoms with Crippen LogP contribution in [0.1, 0.15) is 26.3 Å². The van der Waals surface area contributed by atoms with Crippen molar-refractivity contribution in [1.82, 2.24) is 5.32 Å². The number of ether oxygens (including phenoxy) is 1. The molecule has 0 heterocycles. The minimum absolute atomic E-state index is 0.366. The summed E-state index contributed by atoms with van der Waals surface area (Å²) in [4.78, 5) is 0. The first-order valence-corrected chi connectivity index (χ1v) is 7.71. The third kappa shape index (κ3) is 5.13. The fourth-order valence-electron chi connectivity index (χ4n) is 1.60. The van der Waals surface area contributed by atoms with Gasteiger partial charge in [0.2, 0.25) is 0 Å². The Hall–Kier alpha value is -0.570. The van der Waals surface area contributed by atoms with E-state index < -0.39 is 0 Å². The van der Waals surface area contributed by atoms with Crippen molar-refractivity contribution in [2.75, 3.05) is 13.2 Å². The molecular weight excluding hydrogens is 372 g/mol. The Morgan fingerprint density at radius 2 is 2.05 bits per heavy atom. The molecule has 0 amide bonds. The second kappa shape index (κ2) is 7.28. The first kappa shape index (κ1) is 16.5. The largest absolute Gasteiger partial charge is 0.492 e. The van der Waals surface area contributed by atoms with Gasteiger partial charge in [0.15, 0.2) is 0 Å². The maximum absolute atomic E-state index is 8.99. The predicted molar refractivity (Wildman–Crippen MR) is 84.1 cm³/mol. The van der Waals surface area contributed by atoms with Gasteiger partial charge in [0.25, 0.3) is 0 Å². The molecule has 0 saturated heterocycles. The summed E-state index contributed by atoms with van der Waals surface area (Å²) in [6.07, 6.45) is 0. The van der Waals surface area contributed by atoms with Crippen LogP contribution in [0.3, 0.4) is 0 Å². The van der Waals surface area contributed by atoms with E-state index in [9.17, 15) is 0 Å². The minimum Gasteiger partial charge on any atom is -0.492 e. The van der Waals surface area contributed by atoms with Crippen molar-refractivity contribution in [1.29, 1.82) is 5.26 Å². The van der Waals surface area contributed by atoms with Gasteiger partial charge in [0.05, 0.1) is 22.6 Å². The molecule has 3 nitrogen and oxygen atoms in total. The Labute approximate surface area is 131 Å². The van der Waals surface area contributed by atoms with Crippen LogP contribution in [0.15, 0.2) is 21.1 Å². The van der Waals surface area contributed by atoms with Gasteiger partial charge in [-0.2, -0.15) is 5.26 Å². The maximum atomic E-state index is 8.99. The van der Waals surface area contributed by atoms with Crippen LogP contribution >= 0.6 is 31.9 Å². The molecule has 1 aromatic rings. The average molecular weight is 390 g/mol. The molecule has 0 bridgehead atoms. The third-order valence-electron chi connectivity index (χ3n) is 2.56. The van der Waals surface area contributed by atoms with Gasteiger partial charge < -0.3 is 10.1 Å². The molecule has 0 fully saturated rings. The average Bonchev–Trinajstić information content (AvgIpc) is 2.33. The number of nitriles is 1. The Morgan fingerprint density at radius 3 is 2.63 bits per heavy atom. The van der Waals surface area contributed by atoms with Crippen LogP contribution in [-0.4, -0.2) is 13.2 Å². The highest BCUT2D eigenvalue weighted by atomic mass is 79.9. The molecule has 19 heavy (non-hydrogen) atoms. The van der Waals surface area contributed by atoms with E-state index >= 15 is 0 Å². The van der Waals surface area contributed by atoms with Gasteiger partial charge in [-0.15, -0.1) is 0 Å². The van der Waals surface area contributed by atoms with Gasteiger partial charge in [0, 0.05) is 23.1 Å². The maximum Gasteiger partial charge on any atom is 0.138 e. The SMILES string of the molecule is CCOc1c(Br)cc(Br)cc1CNCC(C)(C)C#N. The summed E-state index contributed by atoms with van der Waals surface area (Å²) in [6, 6.07) is 6.27. The molecule has 0 radical (unpaired) electrons. The number of hydrogen-bond donors (Lipinski definition) is 1. The number of nitrogens with zero attached hydrogens (tertiary/aromatic N) is 1. The van der Waals surface area contributed by atoms with Gasteiger partial charge in [0.1, 0.15) is 5.75 Å². The molecule has 0 spiro atoms. The standard InChI is InChI=1S/C14H18Br2N2O/c1-4-19-13-10(5-11(15)6-12(13)16)7-18-9-14(2,3)8-17/h5-6,18H,4,7,9H2,1-3H3. The second-order valence-electron chi connectivity index (χ2n) is 4.91. The third-order valence-corrected chi connectivity index (χ3v) is 3.61. The molecule has 0 saturated carbocycles. The van der Waals surface area contributed by atoms with Crippen LogP contribution in [0.5, 0.6) is 5.75 Å². The first-order chi connectivity index (χ1) is 8.89. The van der Waals surface area contributed by atoms with Crippen LogP contribution < -0.4 is 10.1 Å². The van der Waals surface area contributed by atoms with Gasteiger partial charge >= 0.3 is 0 Å². The van der Waals surface area contributed by atoms with E-state index in [0.29, 0.717) is 19.7 Å². The van der Waals surface area contributed by atoms with E-state index in [-0.39, 0.29) is 5.41 Å². The van der Waals surface area contributed by atoms with Gasteiger partial charge in [-0.1, -0.05) is 15.9 Å². The molecule has 0 unspecified atom stereocenters. The summed E-state index contributed by atoms with van der Waals surface area (Å²) >= 11 is 6.99. The highest BCUT2D eigenvalue weighted by molar-refractivity contribution is 9.11. The van der Waals surface area contributed by atoms with Crippen molar-refractivity contribution in [2.24, 2.45) is 5.41 Å². The molecule has 0 aliphatic carbocycles. The lowest BCUT2D eigenvalue weighted by atomic mass is 9.96. The highest BCUT2D eigenvalue weighted by Gasteiger charge is 2.16. The van der Waals surface area contributed by atoms with E-state index in [4.69, 9.17) is 10.00 Å². The molecule has 104 valence electrons. The van der Waals surface area contributed by atoms with E-state index in [1.54, 1.807) is 0 Å². The van der Waals surface area contributed by atoms with Crippen LogP contribution in [-0.2, 0) is 6.54 Å². The second-order valence-corrected chi connectivity index (χ2v) is 6.68. The summed E-state index contributed by atoms with van der Waals surface area (Å²) in [5.74, 6) is 0.855. The van der Waals surface area contributed by atoms with Gasteiger partial charge in [-0.05, 0) is 48.8 Å². The predicted octanol–water partition coefficient (Wildman–Crippen LogP) is 4.25. The smallest absolute Gasteiger partial charge is 0.138 e. The lowest BCUT2D eigenvalue weighted by Crippen LogP contribution is -2.27. The molecule has 0 aliphatic heterocycles. The van der Waals surface area contributed by atoms with E-state index in [0.717, 1.165) is 20.3 Å². The van der Waals surface area contributed by atoms with Crippen LogP contribution in [0.2, 0.25) is 0 Å². The molecular formula is C14H18Br2N2O. The Bertz CT molecular complexity index is 481. The highest BCUT2D eigenvalue weighted by Crippen LogP contribution is 2.33. The topological polar surface area (TPSA) is 45.0 Å².